The van der Waals surface area contributed by atoms with E-state index in [1.54, 1.807) is 12.4 Å². The molecule has 1 saturated heterocycles. The van der Waals surface area contributed by atoms with E-state index in [9.17, 15) is 4.21 Å². The number of nitrogens with zero attached hydrogens (tertiary/aromatic N) is 3. The van der Waals surface area contributed by atoms with Crippen molar-refractivity contribution in [2.24, 2.45) is 0 Å². The van der Waals surface area contributed by atoms with Crippen LogP contribution in [0.15, 0.2) is 12.4 Å². The Kier molecular flexibility index (Phi) is 4.08. The van der Waals surface area contributed by atoms with Crippen LogP contribution in [-0.4, -0.2) is 43.9 Å². The fourth-order valence-corrected chi connectivity index (χ4v) is 3.34. The Hall–Kier alpha value is -1.17. The van der Waals surface area contributed by atoms with Crippen LogP contribution in [0.2, 0.25) is 0 Å². The maximum atomic E-state index is 12.0. The highest BCUT2D eigenvalue weighted by Gasteiger charge is 2.34. The van der Waals surface area contributed by atoms with Gasteiger partial charge in [0.15, 0.2) is 5.82 Å². The molecule has 0 radical (unpaired) electrons. The minimum absolute atomic E-state index is 0.0578. The molecule has 1 aliphatic heterocycles. The second-order valence-corrected chi connectivity index (χ2v) is 7.79. The standard InChI is InChI=1S/C13H21N3O2S/c1-10(2)18-12-11(14-5-6-15-12)16-7-8-19(17)13(3,4)9-16/h5-6,10H,7-9H2,1-4H3/t19-/m1/s1. The van der Waals surface area contributed by atoms with Crippen LogP contribution in [0.25, 0.3) is 0 Å². The highest BCUT2D eigenvalue weighted by atomic mass is 32.2. The SMILES string of the molecule is CC(C)Oc1nccnc1N1CC[S@@](=O)C(C)(C)C1. The van der Waals surface area contributed by atoms with Crippen LogP contribution in [0.3, 0.4) is 0 Å². The predicted octanol–water partition coefficient (Wildman–Crippen LogP) is 1.61. The van der Waals surface area contributed by atoms with Gasteiger partial charge in [0.25, 0.3) is 5.88 Å². The molecule has 0 aliphatic carbocycles. The molecule has 1 fully saturated rings. The molecule has 0 unspecified atom stereocenters. The van der Waals surface area contributed by atoms with Gasteiger partial charge >= 0.3 is 0 Å². The second kappa shape index (κ2) is 5.45. The number of ether oxygens (including phenoxy) is 1. The molecule has 5 nitrogen and oxygen atoms in total. The Morgan fingerprint density at radius 2 is 2.05 bits per heavy atom. The molecule has 0 amide bonds. The fourth-order valence-electron chi connectivity index (χ4n) is 2.10. The summed E-state index contributed by atoms with van der Waals surface area (Å²) in [5, 5.41) is 0. The fraction of sp³-hybridized carbons (Fsp3) is 0.692. The van der Waals surface area contributed by atoms with Crippen molar-refractivity contribution in [3.63, 3.8) is 0 Å². The molecular formula is C13H21N3O2S. The van der Waals surface area contributed by atoms with Crippen molar-refractivity contribution in [1.82, 2.24) is 9.97 Å². The van der Waals surface area contributed by atoms with E-state index in [1.165, 1.54) is 0 Å². The van der Waals surface area contributed by atoms with Gasteiger partial charge in [0.05, 0.1) is 10.9 Å². The van der Waals surface area contributed by atoms with Gasteiger partial charge in [-0.3, -0.25) is 4.21 Å². The first-order valence-corrected chi connectivity index (χ1v) is 7.83. The van der Waals surface area contributed by atoms with Crippen LogP contribution in [0, 0.1) is 0 Å². The molecule has 1 aliphatic rings. The van der Waals surface area contributed by atoms with Crippen LogP contribution < -0.4 is 9.64 Å². The Bertz CT molecular complexity index is 477. The number of rotatable bonds is 3. The quantitative estimate of drug-likeness (QED) is 0.843. The summed E-state index contributed by atoms with van der Waals surface area (Å²) in [6.45, 7) is 9.40. The zero-order valence-corrected chi connectivity index (χ0v) is 12.7. The summed E-state index contributed by atoms with van der Waals surface area (Å²) < 4.78 is 17.4. The van der Waals surface area contributed by atoms with E-state index in [4.69, 9.17) is 4.74 Å². The van der Waals surface area contributed by atoms with Gasteiger partial charge in [-0.2, -0.15) is 0 Å². The van der Waals surface area contributed by atoms with Gasteiger partial charge in [0, 0.05) is 42.0 Å². The average molecular weight is 283 g/mol. The molecule has 2 heterocycles. The van der Waals surface area contributed by atoms with Crippen molar-refractivity contribution in [1.29, 1.82) is 0 Å². The molecule has 0 saturated carbocycles. The van der Waals surface area contributed by atoms with E-state index in [0.717, 1.165) is 12.4 Å². The average Bonchev–Trinajstić information content (AvgIpc) is 2.33. The number of aromatic nitrogens is 2. The molecule has 0 aromatic carbocycles. The van der Waals surface area contributed by atoms with E-state index in [2.05, 4.69) is 14.9 Å². The van der Waals surface area contributed by atoms with Gasteiger partial charge in [-0.15, -0.1) is 0 Å². The minimum Gasteiger partial charge on any atom is -0.472 e. The van der Waals surface area contributed by atoms with Gasteiger partial charge in [-0.25, -0.2) is 9.97 Å². The van der Waals surface area contributed by atoms with E-state index < -0.39 is 10.8 Å². The van der Waals surface area contributed by atoms with E-state index >= 15 is 0 Å². The molecular weight excluding hydrogens is 262 g/mol. The first-order valence-electron chi connectivity index (χ1n) is 6.51. The summed E-state index contributed by atoms with van der Waals surface area (Å²) in [7, 11) is -0.793. The highest BCUT2D eigenvalue weighted by Crippen LogP contribution is 2.29. The van der Waals surface area contributed by atoms with Gasteiger partial charge < -0.3 is 9.64 Å². The third kappa shape index (κ3) is 3.23. The highest BCUT2D eigenvalue weighted by molar-refractivity contribution is 7.86. The summed E-state index contributed by atoms with van der Waals surface area (Å²) in [5.41, 5.74) is 0. The third-order valence-corrected chi connectivity index (χ3v) is 4.94. The minimum atomic E-state index is -0.793. The maximum Gasteiger partial charge on any atom is 0.257 e. The molecule has 19 heavy (non-hydrogen) atoms. The van der Waals surface area contributed by atoms with Gasteiger partial charge in [0.1, 0.15) is 0 Å². The molecule has 0 bridgehead atoms. The predicted molar refractivity (Wildman–Crippen MR) is 77.1 cm³/mol. The van der Waals surface area contributed by atoms with Gasteiger partial charge in [-0.1, -0.05) is 0 Å². The molecule has 0 spiro atoms. The third-order valence-electron chi connectivity index (χ3n) is 3.03. The molecule has 0 N–H and O–H groups in total. The van der Waals surface area contributed by atoms with Crippen molar-refractivity contribution in [2.75, 3.05) is 23.7 Å². The Morgan fingerprint density at radius 3 is 2.68 bits per heavy atom. The molecule has 1 aromatic rings. The first kappa shape index (κ1) is 14.2. The smallest absolute Gasteiger partial charge is 0.257 e. The molecule has 106 valence electrons. The van der Waals surface area contributed by atoms with Crippen LogP contribution >= 0.6 is 0 Å². The Morgan fingerprint density at radius 1 is 1.37 bits per heavy atom. The summed E-state index contributed by atoms with van der Waals surface area (Å²) in [6, 6.07) is 0. The van der Waals surface area contributed by atoms with Gasteiger partial charge in [-0.05, 0) is 27.7 Å². The summed E-state index contributed by atoms with van der Waals surface area (Å²) in [4.78, 5) is 10.8. The van der Waals surface area contributed by atoms with Crippen molar-refractivity contribution >= 4 is 16.6 Å². The van der Waals surface area contributed by atoms with Crippen molar-refractivity contribution in [3.8, 4) is 5.88 Å². The summed E-state index contributed by atoms with van der Waals surface area (Å²) in [6.07, 6.45) is 3.36. The molecule has 2 rings (SSSR count). The largest absolute Gasteiger partial charge is 0.472 e. The molecule has 6 heteroatoms. The molecule has 1 aromatic heterocycles. The van der Waals surface area contributed by atoms with E-state index in [1.807, 2.05) is 27.7 Å². The van der Waals surface area contributed by atoms with Crippen molar-refractivity contribution in [3.05, 3.63) is 12.4 Å². The Labute approximate surface area is 116 Å². The van der Waals surface area contributed by atoms with Crippen molar-refractivity contribution in [2.45, 2.75) is 38.5 Å². The topological polar surface area (TPSA) is 55.3 Å². The van der Waals surface area contributed by atoms with Crippen LogP contribution in [0.4, 0.5) is 5.82 Å². The summed E-state index contributed by atoms with van der Waals surface area (Å²) >= 11 is 0. The lowest BCUT2D eigenvalue weighted by molar-refractivity contribution is 0.232. The van der Waals surface area contributed by atoms with E-state index in [-0.39, 0.29) is 10.9 Å². The first-order chi connectivity index (χ1) is 8.90. The monoisotopic (exact) mass is 283 g/mol. The van der Waals surface area contributed by atoms with Crippen LogP contribution in [0.1, 0.15) is 27.7 Å². The van der Waals surface area contributed by atoms with E-state index in [0.29, 0.717) is 18.2 Å². The zero-order valence-electron chi connectivity index (χ0n) is 11.9. The number of hydrogen-bond acceptors (Lipinski definition) is 5. The number of hydrogen-bond donors (Lipinski definition) is 0. The van der Waals surface area contributed by atoms with Gasteiger partial charge in [0.2, 0.25) is 0 Å². The van der Waals surface area contributed by atoms with Crippen LogP contribution in [-0.2, 0) is 10.8 Å². The van der Waals surface area contributed by atoms with Crippen molar-refractivity contribution < 1.29 is 8.95 Å². The normalized spacial score (nSPS) is 22.6. The lowest BCUT2D eigenvalue weighted by atomic mass is 10.2. The Balaban J connectivity index is 2.25. The summed E-state index contributed by atoms with van der Waals surface area (Å²) in [5.74, 6) is 1.96. The molecule has 1 atom stereocenters. The number of anilines is 1. The second-order valence-electron chi connectivity index (χ2n) is 5.58. The van der Waals surface area contributed by atoms with Crippen LogP contribution in [0.5, 0.6) is 5.88 Å². The lowest BCUT2D eigenvalue weighted by Gasteiger charge is -2.38. The lowest BCUT2D eigenvalue weighted by Crippen LogP contribution is -2.50. The maximum absolute atomic E-state index is 12.0. The zero-order chi connectivity index (χ0) is 14.0.